The normalized spacial score (nSPS) is 10.5. The van der Waals surface area contributed by atoms with E-state index in [2.05, 4.69) is 15.2 Å². The Bertz CT molecular complexity index is 717. The standard InChI is InChI=1S/C14H16N4O4S/c1-3-7-22-13(19)9-5-6-11(10(8-9)18(20)21)23-14-15-12(4-2)16-17-14/h5-6,8H,3-4,7H2,1-2H3,(H,15,16,17). The van der Waals surface area contributed by atoms with Crippen LogP contribution < -0.4 is 0 Å². The van der Waals surface area contributed by atoms with Crippen LogP contribution in [-0.2, 0) is 11.2 Å². The molecule has 0 saturated carbocycles. The van der Waals surface area contributed by atoms with Crippen LogP contribution in [-0.4, -0.2) is 32.7 Å². The van der Waals surface area contributed by atoms with Gasteiger partial charge < -0.3 is 4.74 Å². The van der Waals surface area contributed by atoms with Gasteiger partial charge in [-0.25, -0.2) is 9.78 Å². The second-order valence-corrected chi connectivity index (χ2v) is 5.60. The Hall–Kier alpha value is -2.42. The average molecular weight is 336 g/mol. The minimum absolute atomic E-state index is 0.152. The van der Waals surface area contributed by atoms with Crippen molar-refractivity contribution in [3.8, 4) is 0 Å². The fraction of sp³-hybridized carbons (Fsp3) is 0.357. The second-order valence-electron chi connectivity index (χ2n) is 4.60. The van der Waals surface area contributed by atoms with Crippen molar-refractivity contribution in [1.29, 1.82) is 0 Å². The number of nitro benzene ring substituents is 1. The average Bonchev–Trinajstić information content (AvgIpc) is 3.00. The fourth-order valence-electron chi connectivity index (χ4n) is 1.73. The van der Waals surface area contributed by atoms with Crippen molar-refractivity contribution in [2.24, 2.45) is 0 Å². The molecule has 0 aliphatic carbocycles. The first-order valence-electron chi connectivity index (χ1n) is 7.09. The topological polar surface area (TPSA) is 111 Å². The third-order valence-corrected chi connectivity index (χ3v) is 3.81. The van der Waals surface area contributed by atoms with Gasteiger partial charge in [-0.2, -0.15) is 0 Å². The molecule has 0 spiro atoms. The van der Waals surface area contributed by atoms with E-state index in [4.69, 9.17) is 4.74 Å². The summed E-state index contributed by atoms with van der Waals surface area (Å²) in [6.45, 7) is 4.07. The van der Waals surface area contributed by atoms with Gasteiger partial charge in [-0.1, -0.05) is 13.8 Å². The SMILES string of the molecule is CCCOC(=O)c1ccc(Sc2n[nH]c(CC)n2)c([N+](=O)[O-])c1. The van der Waals surface area contributed by atoms with E-state index in [1.54, 1.807) is 0 Å². The lowest BCUT2D eigenvalue weighted by molar-refractivity contribution is -0.387. The minimum atomic E-state index is -0.572. The third kappa shape index (κ3) is 4.28. The van der Waals surface area contributed by atoms with Crippen molar-refractivity contribution in [3.05, 3.63) is 39.7 Å². The Morgan fingerprint density at radius 3 is 2.83 bits per heavy atom. The number of ether oxygens (including phenoxy) is 1. The molecule has 0 bridgehead atoms. The number of aryl methyl sites for hydroxylation is 1. The Morgan fingerprint density at radius 2 is 2.22 bits per heavy atom. The first kappa shape index (κ1) is 16.9. The minimum Gasteiger partial charge on any atom is -0.462 e. The maximum Gasteiger partial charge on any atom is 0.338 e. The summed E-state index contributed by atoms with van der Waals surface area (Å²) in [7, 11) is 0. The van der Waals surface area contributed by atoms with Gasteiger partial charge >= 0.3 is 5.97 Å². The lowest BCUT2D eigenvalue weighted by Crippen LogP contribution is -2.06. The first-order valence-corrected chi connectivity index (χ1v) is 7.91. The van der Waals surface area contributed by atoms with Crippen LogP contribution in [0, 0.1) is 10.1 Å². The van der Waals surface area contributed by atoms with Crippen LogP contribution in [0.3, 0.4) is 0 Å². The van der Waals surface area contributed by atoms with Gasteiger partial charge in [0.2, 0.25) is 5.16 Å². The lowest BCUT2D eigenvalue weighted by Gasteiger charge is -2.05. The number of rotatable bonds is 7. The monoisotopic (exact) mass is 336 g/mol. The summed E-state index contributed by atoms with van der Waals surface area (Å²) in [5.41, 5.74) is -0.0254. The highest BCUT2D eigenvalue weighted by molar-refractivity contribution is 7.99. The largest absolute Gasteiger partial charge is 0.462 e. The first-order chi connectivity index (χ1) is 11.0. The van der Waals surface area contributed by atoms with E-state index in [0.29, 0.717) is 28.7 Å². The molecule has 0 unspecified atom stereocenters. The summed E-state index contributed by atoms with van der Waals surface area (Å²) >= 11 is 1.07. The van der Waals surface area contributed by atoms with E-state index >= 15 is 0 Å². The van der Waals surface area contributed by atoms with Crippen LogP contribution >= 0.6 is 11.8 Å². The van der Waals surface area contributed by atoms with Crippen LogP contribution in [0.1, 0.15) is 36.5 Å². The highest BCUT2D eigenvalue weighted by atomic mass is 32.2. The number of hydrogen-bond donors (Lipinski definition) is 1. The van der Waals surface area contributed by atoms with E-state index in [-0.39, 0.29) is 17.9 Å². The van der Waals surface area contributed by atoms with Gasteiger partial charge in [0.1, 0.15) is 5.82 Å². The molecule has 0 aliphatic rings. The number of nitrogens with one attached hydrogen (secondary N) is 1. The van der Waals surface area contributed by atoms with Gasteiger partial charge in [0.25, 0.3) is 5.69 Å². The van der Waals surface area contributed by atoms with E-state index in [1.165, 1.54) is 18.2 Å². The number of carbonyl (C=O) groups is 1. The quantitative estimate of drug-likeness (QED) is 0.470. The molecule has 9 heteroatoms. The fourth-order valence-corrected chi connectivity index (χ4v) is 2.55. The third-order valence-electron chi connectivity index (χ3n) is 2.88. The summed E-state index contributed by atoms with van der Waals surface area (Å²) in [5.74, 6) is 0.132. The number of benzene rings is 1. The summed E-state index contributed by atoms with van der Waals surface area (Å²) in [6.07, 6.45) is 1.38. The van der Waals surface area contributed by atoms with Crippen molar-refractivity contribution >= 4 is 23.4 Å². The summed E-state index contributed by atoms with van der Waals surface area (Å²) < 4.78 is 4.99. The van der Waals surface area contributed by atoms with E-state index in [0.717, 1.165) is 11.8 Å². The molecule has 1 aromatic carbocycles. The van der Waals surface area contributed by atoms with Crippen LogP contribution in [0.2, 0.25) is 0 Å². The summed E-state index contributed by atoms with van der Waals surface area (Å²) in [6, 6.07) is 4.22. The summed E-state index contributed by atoms with van der Waals surface area (Å²) in [5, 5.41) is 18.4. The van der Waals surface area contributed by atoms with Crippen LogP contribution in [0.15, 0.2) is 28.3 Å². The highest BCUT2D eigenvalue weighted by Gasteiger charge is 2.20. The Balaban J connectivity index is 2.25. The molecular weight excluding hydrogens is 320 g/mol. The molecule has 0 atom stereocenters. The van der Waals surface area contributed by atoms with E-state index in [1.807, 2.05) is 13.8 Å². The molecule has 0 saturated heterocycles. The maximum absolute atomic E-state index is 11.8. The van der Waals surface area contributed by atoms with Crippen molar-refractivity contribution in [2.75, 3.05) is 6.61 Å². The molecule has 0 amide bonds. The van der Waals surface area contributed by atoms with E-state index < -0.39 is 10.9 Å². The zero-order valence-electron chi connectivity index (χ0n) is 12.7. The molecule has 122 valence electrons. The molecule has 2 rings (SSSR count). The lowest BCUT2D eigenvalue weighted by atomic mass is 10.2. The number of hydrogen-bond acceptors (Lipinski definition) is 7. The molecule has 1 aromatic heterocycles. The van der Waals surface area contributed by atoms with Gasteiger partial charge in [-0.05, 0) is 30.3 Å². The van der Waals surface area contributed by atoms with Crippen LogP contribution in [0.5, 0.6) is 0 Å². The van der Waals surface area contributed by atoms with E-state index in [9.17, 15) is 14.9 Å². The zero-order valence-corrected chi connectivity index (χ0v) is 13.6. The number of carbonyl (C=O) groups excluding carboxylic acids is 1. The molecule has 8 nitrogen and oxygen atoms in total. The van der Waals surface area contributed by atoms with Crippen molar-refractivity contribution < 1.29 is 14.5 Å². The smallest absolute Gasteiger partial charge is 0.338 e. The predicted molar refractivity (Wildman–Crippen MR) is 83.6 cm³/mol. The Labute approximate surface area is 136 Å². The molecule has 2 aromatic rings. The molecule has 23 heavy (non-hydrogen) atoms. The molecule has 0 radical (unpaired) electrons. The highest BCUT2D eigenvalue weighted by Crippen LogP contribution is 2.33. The number of H-pyrrole nitrogens is 1. The molecule has 1 N–H and O–H groups in total. The Morgan fingerprint density at radius 1 is 1.43 bits per heavy atom. The maximum atomic E-state index is 11.8. The summed E-state index contributed by atoms with van der Waals surface area (Å²) in [4.78, 5) is 27.1. The van der Waals surface area contributed by atoms with Crippen LogP contribution in [0.4, 0.5) is 5.69 Å². The number of nitro groups is 1. The number of esters is 1. The van der Waals surface area contributed by atoms with Gasteiger partial charge in [0.05, 0.1) is 22.0 Å². The zero-order chi connectivity index (χ0) is 16.8. The molecule has 0 fully saturated rings. The number of aromatic nitrogens is 3. The Kier molecular flexibility index (Phi) is 5.69. The second kappa shape index (κ2) is 7.73. The number of nitrogens with zero attached hydrogens (tertiary/aromatic N) is 3. The van der Waals surface area contributed by atoms with Gasteiger partial charge in [-0.3, -0.25) is 15.2 Å². The number of aromatic amines is 1. The van der Waals surface area contributed by atoms with Crippen molar-refractivity contribution in [3.63, 3.8) is 0 Å². The van der Waals surface area contributed by atoms with Crippen molar-refractivity contribution in [1.82, 2.24) is 15.2 Å². The van der Waals surface area contributed by atoms with Gasteiger partial charge in [0.15, 0.2) is 0 Å². The predicted octanol–water partition coefficient (Wildman–Crippen LogP) is 2.99. The van der Waals surface area contributed by atoms with Crippen LogP contribution in [0.25, 0.3) is 0 Å². The van der Waals surface area contributed by atoms with Crippen molar-refractivity contribution in [2.45, 2.75) is 36.7 Å². The van der Waals surface area contributed by atoms with Gasteiger partial charge in [-0.15, -0.1) is 5.10 Å². The molecular formula is C14H16N4O4S. The molecule has 1 heterocycles. The molecule has 0 aliphatic heterocycles. The van der Waals surface area contributed by atoms with Gasteiger partial charge in [0, 0.05) is 12.5 Å².